The molecule has 0 aliphatic rings. The number of alkyl halides is 3. The van der Waals surface area contributed by atoms with Crippen LogP contribution in [0.5, 0.6) is 5.75 Å². The van der Waals surface area contributed by atoms with Crippen molar-refractivity contribution in [3.8, 4) is 16.9 Å². The lowest BCUT2D eigenvalue weighted by atomic mass is 9.92. The summed E-state index contributed by atoms with van der Waals surface area (Å²) in [5.41, 5.74) is -0.477. The highest BCUT2D eigenvalue weighted by Gasteiger charge is 2.31. The topological polar surface area (TPSA) is 68.4 Å². The number of esters is 1. The van der Waals surface area contributed by atoms with E-state index in [-0.39, 0.29) is 34.9 Å². The minimum Gasteiger partial charge on any atom is -0.496 e. The van der Waals surface area contributed by atoms with E-state index in [0.29, 0.717) is 16.3 Å². The first-order chi connectivity index (χ1) is 14.2. The average Bonchev–Trinajstić information content (AvgIpc) is 2.70. The summed E-state index contributed by atoms with van der Waals surface area (Å²) in [6.45, 7) is 0. The summed E-state index contributed by atoms with van der Waals surface area (Å²) >= 11 is 6.13. The lowest BCUT2D eigenvalue weighted by molar-refractivity contribution is -0.140. The number of hydrogen-bond donors (Lipinski definition) is 1. The Hall–Kier alpha value is -3.00. The normalized spacial score (nSPS) is 11.5. The second-order valence-corrected chi connectivity index (χ2v) is 6.92. The predicted octanol–water partition coefficient (Wildman–Crippen LogP) is 4.98. The number of benzene rings is 2. The zero-order valence-corrected chi connectivity index (χ0v) is 16.8. The fraction of sp³-hybridized carbons (Fsp3) is 0.238. The summed E-state index contributed by atoms with van der Waals surface area (Å²) in [6.07, 6.45) is -4.74. The lowest BCUT2D eigenvalue weighted by Gasteiger charge is -2.17. The summed E-state index contributed by atoms with van der Waals surface area (Å²) in [5.74, 6) is -0.231. The van der Waals surface area contributed by atoms with Crippen molar-refractivity contribution in [2.45, 2.75) is 19.0 Å². The number of halogens is 4. The van der Waals surface area contributed by atoms with Gasteiger partial charge < -0.3 is 14.5 Å². The summed E-state index contributed by atoms with van der Waals surface area (Å²) in [5, 5.41) is 0.468. The highest BCUT2D eigenvalue weighted by molar-refractivity contribution is 6.31. The van der Waals surface area contributed by atoms with Crippen LogP contribution in [0.1, 0.15) is 17.5 Å². The first-order valence-corrected chi connectivity index (χ1v) is 9.20. The van der Waals surface area contributed by atoms with Crippen LogP contribution in [0, 0.1) is 0 Å². The van der Waals surface area contributed by atoms with Crippen molar-refractivity contribution in [2.24, 2.45) is 0 Å². The molecule has 5 nitrogen and oxygen atoms in total. The van der Waals surface area contributed by atoms with Crippen molar-refractivity contribution in [2.75, 3.05) is 14.2 Å². The number of aromatic nitrogens is 1. The van der Waals surface area contributed by atoms with Gasteiger partial charge in [-0.25, -0.2) is 0 Å². The minimum atomic E-state index is -4.58. The molecule has 3 rings (SSSR count). The number of H-pyrrole nitrogens is 1. The lowest BCUT2D eigenvalue weighted by Crippen LogP contribution is -2.17. The number of rotatable bonds is 5. The third-order valence-electron chi connectivity index (χ3n) is 4.68. The number of methoxy groups -OCH3 is 2. The molecule has 0 aliphatic carbocycles. The van der Waals surface area contributed by atoms with E-state index in [1.165, 1.54) is 26.4 Å². The highest BCUT2D eigenvalue weighted by atomic mass is 35.5. The first-order valence-electron chi connectivity index (χ1n) is 8.82. The summed E-state index contributed by atoms with van der Waals surface area (Å²) < 4.78 is 50.1. The number of hydrogen-bond acceptors (Lipinski definition) is 4. The van der Waals surface area contributed by atoms with Crippen LogP contribution in [0.3, 0.4) is 0 Å². The van der Waals surface area contributed by atoms with Gasteiger partial charge in [-0.1, -0.05) is 11.6 Å². The van der Waals surface area contributed by atoms with Gasteiger partial charge in [0.15, 0.2) is 0 Å². The smallest absolute Gasteiger partial charge is 0.416 e. The molecule has 0 amide bonds. The highest BCUT2D eigenvalue weighted by Crippen LogP contribution is 2.40. The standard InChI is InChI=1S/C21H17ClF3NO4/c1-29-17-7-4-12(22)10-15(17)19-13(5-8-18(27)30-2)20(28)26-16-6-3-11(9-14(16)19)21(23,24)25/h3-4,6-7,9-10H,5,8H2,1-2H3,(H,26,28). The maximum Gasteiger partial charge on any atom is 0.416 e. The molecule has 0 saturated carbocycles. The molecule has 1 aromatic heterocycles. The Bertz CT molecular complexity index is 1170. The molecular weight excluding hydrogens is 423 g/mol. The van der Waals surface area contributed by atoms with Crippen molar-refractivity contribution in [1.82, 2.24) is 4.98 Å². The molecule has 0 aliphatic heterocycles. The Morgan fingerprint density at radius 1 is 1.13 bits per heavy atom. The molecule has 0 radical (unpaired) electrons. The molecule has 0 spiro atoms. The van der Waals surface area contributed by atoms with Crippen molar-refractivity contribution in [3.63, 3.8) is 0 Å². The Morgan fingerprint density at radius 2 is 1.87 bits per heavy atom. The van der Waals surface area contributed by atoms with E-state index in [1.807, 2.05) is 0 Å². The predicted molar refractivity (Wildman–Crippen MR) is 107 cm³/mol. The van der Waals surface area contributed by atoms with Crippen LogP contribution in [-0.2, 0) is 22.1 Å². The molecule has 0 bridgehead atoms. The Labute approximate surface area is 174 Å². The molecule has 158 valence electrons. The molecule has 9 heteroatoms. The first kappa shape index (κ1) is 21.7. The van der Waals surface area contributed by atoms with Crippen molar-refractivity contribution < 1.29 is 27.4 Å². The van der Waals surface area contributed by atoms with Crippen molar-refractivity contribution >= 4 is 28.5 Å². The van der Waals surface area contributed by atoms with E-state index in [2.05, 4.69) is 9.72 Å². The van der Waals surface area contributed by atoms with E-state index in [4.69, 9.17) is 16.3 Å². The molecule has 0 atom stereocenters. The molecule has 2 aromatic carbocycles. The molecule has 0 saturated heterocycles. The maximum atomic E-state index is 13.4. The van der Waals surface area contributed by atoms with Crippen LogP contribution in [0.15, 0.2) is 41.2 Å². The van der Waals surface area contributed by atoms with Crippen LogP contribution < -0.4 is 10.3 Å². The largest absolute Gasteiger partial charge is 0.496 e. The van der Waals surface area contributed by atoms with Gasteiger partial charge in [-0.3, -0.25) is 9.59 Å². The molecule has 3 aromatic rings. The molecule has 1 N–H and O–H groups in total. The van der Waals surface area contributed by atoms with Gasteiger partial charge in [0.1, 0.15) is 5.75 Å². The zero-order valence-electron chi connectivity index (χ0n) is 16.0. The van der Waals surface area contributed by atoms with E-state index in [0.717, 1.165) is 12.1 Å². The fourth-order valence-electron chi connectivity index (χ4n) is 3.26. The molecule has 1 heterocycles. The average molecular weight is 440 g/mol. The Morgan fingerprint density at radius 3 is 2.50 bits per heavy atom. The third-order valence-corrected chi connectivity index (χ3v) is 4.91. The van der Waals surface area contributed by atoms with Gasteiger partial charge in [-0.05, 0) is 42.8 Å². The summed E-state index contributed by atoms with van der Waals surface area (Å²) in [6, 6.07) is 7.69. The Balaban J connectivity index is 2.40. The van der Waals surface area contributed by atoms with Crippen LogP contribution in [0.2, 0.25) is 5.02 Å². The third kappa shape index (κ3) is 4.28. The van der Waals surface area contributed by atoms with E-state index in [9.17, 15) is 22.8 Å². The van der Waals surface area contributed by atoms with Crippen LogP contribution >= 0.6 is 11.6 Å². The van der Waals surface area contributed by atoms with Crippen LogP contribution in [-0.4, -0.2) is 25.2 Å². The van der Waals surface area contributed by atoms with Crippen LogP contribution in [0.4, 0.5) is 13.2 Å². The van der Waals surface area contributed by atoms with Crippen molar-refractivity contribution in [1.29, 1.82) is 0 Å². The minimum absolute atomic E-state index is 0.0425. The van der Waals surface area contributed by atoms with Crippen molar-refractivity contribution in [3.05, 3.63) is 62.9 Å². The summed E-state index contributed by atoms with van der Waals surface area (Å²) in [4.78, 5) is 27.0. The fourth-order valence-corrected chi connectivity index (χ4v) is 3.43. The second-order valence-electron chi connectivity index (χ2n) is 6.49. The second kappa shape index (κ2) is 8.39. The van der Waals surface area contributed by atoms with E-state index in [1.54, 1.807) is 12.1 Å². The molecular formula is C21H17ClF3NO4. The van der Waals surface area contributed by atoms with Gasteiger partial charge in [0.2, 0.25) is 0 Å². The van der Waals surface area contributed by atoms with E-state index < -0.39 is 23.3 Å². The number of ether oxygens (including phenoxy) is 2. The monoisotopic (exact) mass is 439 g/mol. The van der Waals surface area contributed by atoms with Gasteiger partial charge in [-0.2, -0.15) is 13.2 Å². The number of carbonyl (C=O) groups excluding carboxylic acids is 1. The van der Waals surface area contributed by atoms with Gasteiger partial charge in [0.25, 0.3) is 5.56 Å². The summed E-state index contributed by atoms with van der Waals surface area (Å²) in [7, 11) is 2.61. The number of aromatic amines is 1. The maximum absolute atomic E-state index is 13.4. The van der Waals surface area contributed by atoms with Gasteiger partial charge in [0, 0.05) is 39.0 Å². The Kier molecular flexibility index (Phi) is 6.07. The molecule has 0 unspecified atom stereocenters. The number of pyridine rings is 1. The van der Waals surface area contributed by atoms with Crippen LogP contribution in [0.25, 0.3) is 22.0 Å². The number of fused-ring (bicyclic) bond motifs is 1. The molecule has 30 heavy (non-hydrogen) atoms. The van der Waals surface area contributed by atoms with E-state index >= 15 is 0 Å². The van der Waals surface area contributed by atoms with Gasteiger partial charge in [-0.15, -0.1) is 0 Å². The van der Waals surface area contributed by atoms with Gasteiger partial charge in [0.05, 0.1) is 19.8 Å². The van der Waals surface area contributed by atoms with Gasteiger partial charge >= 0.3 is 12.1 Å². The number of carbonyl (C=O) groups is 1. The SMILES string of the molecule is COC(=O)CCc1c(-c2cc(Cl)ccc2OC)c2cc(C(F)(F)F)ccc2[nH]c1=O. The number of nitrogens with one attached hydrogen (secondary N) is 1. The molecule has 0 fully saturated rings. The zero-order chi connectivity index (χ0) is 22.1. The quantitative estimate of drug-likeness (QED) is 0.569.